The molecule has 4 N–H and O–H groups in total. The molecule has 1 aromatic heterocycles. The van der Waals surface area contributed by atoms with Crippen LogP contribution < -0.4 is 30.7 Å². The minimum Gasteiger partial charge on any atom is -0.493 e. The summed E-state index contributed by atoms with van der Waals surface area (Å²) in [6.45, 7) is 4.21. The smallest absolute Gasteiger partial charge is 0.266 e. The number of fused-ring (bicyclic) bond motifs is 2. The molecule has 0 aliphatic carbocycles. The van der Waals surface area contributed by atoms with Crippen LogP contribution in [0.25, 0.3) is 33.4 Å². The topological polar surface area (TPSA) is 225 Å². The van der Waals surface area contributed by atoms with E-state index in [0.29, 0.717) is 81.9 Å². The highest BCUT2D eigenvalue weighted by atomic mass is 35.5. The van der Waals surface area contributed by atoms with Gasteiger partial charge in [0.1, 0.15) is 47.8 Å². The molecule has 1 saturated heterocycles. The molecule has 336 valence electrons. The number of anilines is 1. The molecular formula is C46H46ClN3O14. The van der Waals surface area contributed by atoms with Gasteiger partial charge in [-0.1, -0.05) is 17.7 Å². The molecule has 4 amide bonds. The number of aliphatic hydroxyl groups is 1. The van der Waals surface area contributed by atoms with Crippen LogP contribution in [0.2, 0.25) is 5.02 Å². The molecule has 7 rings (SSSR count). The predicted molar refractivity (Wildman–Crippen MR) is 232 cm³/mol. The zero-order chi connectivity index (χ0) is 45.3. The first-order valence-corrected chi connectivity index (χ1v) is 20.8. The Labute approximate surface area is 371 Å². The number of hydrogen-bond donors (Lipinski definition) is 3. The number of benzene rings is 4. The number of halogens is 1. The molecule has 4 aromatic carbocycles. The lowest BCUT2D eigenvalue weighted by Crippen LogP contribution is -2.54. The number of carbonyl (C=O) groups excluding carboxylic acids is 4. The van der Waals surface area contributed by atoms with Crippen LogP contribution in [0, 0.1) is 0 Å². The van der Waals surface area contributed by atoms with Crippen LogP contribution in [-0.2, 0) is 28.5 Å². The van der Waals surface area contributed by atoms with Crippen molar-refractivity contribution in [1.29, 1.82) is 0 Å². The van der Waals surface area contributed by atoms with E-state index >= 15 is 0 Å². The number of amides is 4. The van der Waals surface area contributed by atoms with Crippen molar-refractivity contribution >= 4 is 51.9 Å². The number of ether oxygens (including phenoxy) is 7. The van der Waals surface area contributed by atoms with Crippen molar-refractivity contribution in [3.05, 3.63) is 105 Å². The van der Waals surface area contributed by atoms with Crippen LogP contribution in [0.3, 0.4) is 0 Å². The minimum absolute atomic E-state index is 0.0316. The number of nitrogens with one attached hydrogen (secondary N) is 1. The van der Waals surface area contributed by atoms with E-state index in [2.05, 4.69) is 5.32 Å². The van der Waals surface area contributed by atoms with Crippen LogP contribution >= 0.6 is 11.6 Å². The third-order valence-corrected chi connectivity index (χ3v) is 10.6. The Morgan fingerprint density at radius 3 is 2.20 bits per heavy atom. The molecule has 64 heavy (non-hydrogen) atoms. The van der Waals surface area contributed by atoms with Crippen LogP contribution in [-0.4, -0.2) is 106 Å². The van der Waals surface area contributed by atoms with Crippen molar-refractivity contribution in [2.45, 2.75) is 32.1 Å². The van der Waals surface area contributed by atoms with E-state index in [9.17, 15) is 29.1 Å². The van der Waals surface area contributed by atoms with Crippen LogP contribution in [0.15, 0.2) is 82.0 Å². The van der Waals surface area contributed by atoms with Crippen molar-refractivity contribution in [3.8, 4) is 39.7 Å². The number of aliphatic hydroxyl groups excluding tert-OH is 1. The summed E-state index contributed by atoms with van der Waals surface area (Å²) < 4.78 is 45.5. The lowest BCUT2D eigenvalue weighted by molar-refractivity contribution is -0.136. The summed E-state index contributed by atoms with van der Waals surface area (Å²) in [5.41, 5.74) is 8.89. The van der Waals surface area contributed by atoms with Crippen molar-refractivity contribution < 1.29 is 61.9 Å². The van der Waals surface area contributed by atoms with Gasteiger partial charge in [-0.3, -0.25) is 34.2 Å². The Kier molecular flexibility index (Phi) is 14.9. The average molecular weight is 900 g/mol. The Morgan fingerprint density at radius 2 is 1.52 bits per heavy atom. The highest BCUT2D eigenvalue weighted by Gasteiger charge is 2.46. The molecule has 0 radical (unpaired) electrons. The number of rotatable bonds is 21. The van der Waals surface area contributed by atoms with Crippen LogP contribution in [0.1, 0.15) is 52.3 Å². The van der Waals surface area contributed by atoms with E-state index in [4.69, 9.17) is 54.9 Å². The number of imide groups is 2. The molecule has 17 nitrogen and oxygen atoms in total. The number of nitrogens with zero attached hydrogens (tertiary/aromatic N) is 1. The average Bonchev–Trinajstić information content (AvgIpc) is 3.53. The maximum absolute atomic E-state index is 13.5. The van der Waals surface area contributed by atoms with E-state index in [1.165, 1.54) is 19.2 Å². The maximum atomic E-state index is 13.5. The minimum atomic E-state index is -1.19. The van der Waals surface area contributed by atoms with Gasteiger partial charge >= 0.3 is 0 Å². The van der Waals surface area contributed by atoms with Gasteiger partial charge in [-0.2, -0.15) is 0 Å². The molecule has 0 saturated carbocycles. The molecule has 2 unspecified atom stereocenters. The predicted octanol–water partition coefficient (Wildman–Crippen LogP) is 5.31. The highest BCUT2D eigenvalue weighted by molar-refractivity contribution is 6.33. The summed E-state index contributed by atoms with van der Waals surface area (Å²) in [5.74, 6) is -0.972. The number of piperidine rings is 1. The maximum Gasteiger partial charge on any atom is 0.266 e. The first-order valence-electron chi connectivity index (χ1n) is 20.5. The monoisotopic (exact) mass is 899 g/mol. The standard InChI is InChI=1S/C46H46ClN3O14/c1-3-61-38-25-40-33(23-32(38)26-19-27(46(56)57-2)21-28(48)20-26)36(51)24-39(64-40)30-8-7-29(22-34(30)47)62-17-15-59-13-11-58-12-14-60-16-18-63-37-6-4-5-31-42(37)45(55)50(44(31)54)35-9-10-41(52)49-43(35)53/h4-8,19-25,35,46,56H,3,9-18,48H2,1-2H3,(H,49,52,53). The molecule has 2 aliphatic rings. The summed E-state index contributed by atoms with van der Waals surface area (Å²) in [7, 11) is 1.38. The lowest BCUT2D eigenvalue weighted by Gasteiger charge is -2.27. The van der Waals surface area contributed by atoms with Crippen molar-refractivity contribution in [2.75, 3.05) is 72.3 Å². The second-order valence-corrected chi connectivity index (χ2v) is 14.9. The second kappa shape index (κ2) is 20.9. The SMILES string of the molecule is CCOc1cc2oc(-c3ccc(OCCOCCOCCOCCOc4cccc5c4C(=O)N(C4CCC(=O)NC4=O)C5=O)cc3Cl)cc(=O)c2cc1-c1cc(N)cc(C(O)OC)c1. The van der Waals surface area contributed by atoms with Gasteiger partial charge in [-0.05, 0) is 73.5 Å². The van der Waals surface area contributed by atoms with E-state index < -0.39 is 36.0 Å². The van der Waals surface area contributed by atoms with Gasteiger partial charge in [-0.25, -0.2) is 0 Å². The van der Waals surface area contributed by atoms with E-state index in [1.807, 2.05) is 6.92 Å². The van der Waals surface area contributed by atoms with Gasteiger partial charge in [0.15, 0.2) is 11.7 Å². The largest absolute Gasteiger partial charge is 0.493 e. The van der Waals surface area contributed by atoms with Crippen molar-refractivity contribution in [3.63, 3.8) is 0 Å². The molecule has 0 bridgehead atoms. The van der Waals surface area contributed by atoms with Crippen molar-refractivity contribution in [1.82, 2.24) is 10.2 Å². The molecule has 18 heteroatoms. The van der Waals surface area contributed by atoms with Gasteiger partial charge in [0, 0.05) is 48.0 Å². The fourth-order valence-corrected chi connectivity index (χ4v) is 7.55. The number of hydrogen-bond acceptors (Lipinski definition) is 15. The Hall–Kier alpha value is -6.34. The van der Waals surface area contributed by atoms with E-state index in [0.717, 1.165) is 4.90 Å². The number of carbonyl (C=O) groups is 4. The fourth-order valence-electron chi connectivity index (χ4n) is 7.29. The number of nitrogen functional groups attached to an aromatic ring is 1. The van der Waals surface area contributed by atoms with Crippen molar-refractivity contribution in [2.24, 2.45) is 0 Å². The Balaban J connectivity index is 0.817. The van der Waals surface area contributed by atoms with E-state index in [-0.39, 0.29) is 73.9 Å². The van der Waals surface area contributed by atoms with Gasteiger partial charge < -0.3 is 48.4 Å². The van der Waals surface area contributed by atoms with Crippen LogP contribution in [0.4, 0.5) is 5.69 Å². The third-order valence-electron chi connectivity index (χ3n) is 10.3. The first-order chi connectivity index (χ1) is 31.0. The lowest BCUT2D eigenvalue weighted by atomic mass is 9.99. The van der Waals surface area contributed by atoms with Crippen LogP contribution in [0.5, 0.6) is 17.2 Å². The third kappa shape index (κ3) is 10.4. The zero-order valence-electron chi connectivity index (χ0n) is 35.0. The summed E-state index contributed by atoms with van der Waals surface area (Å²) in [4.78, 5) is 64.5. The molecule has 1 fully saturated rings. The quantitative estimate of drug-likeness (QED) is 0.0368. The molecular weight excluding hydrogens is 854 g/mol. The molecule has 3 heterocycles. The number of nitrogens with two attached hydrogens (primary N) is 1. The highest BCUT2D eigenvalue weighted by Crippen LogP contribution is 2.39. The Morgan fingerprint density at radius 1 is 0.797 bits per heavy atom. The summed E-state index contributed by atoms with van der Waals surface area (Å²) >= 11 is 6.65. The molecule has 5 aromatic rings. The summed E-state index contributed by atoms with van der Waals surface area (Å²) in [6, 6.07) is 18.4. The van der Waals surface area contributed by atoms with E-state index in [1.54, 1.807) is 60.7 Å². The molecule has 2 atom stereocenters. The van der Waals surface area contributed by atoms with Gasteiger partial charge in [0.25, 0.3) is 11.8 Å². The van der Waals surface area contributed by atoms with Gasteiger partial charge in [0.2, 0.25) is 11.8 Å². The summed E-state index contributed by atoms with van der Waals surface area (Å²) in [6.07, 6.45) is -1.09. The van der Waals surface area contributed by atoms with Gasteiger partial charge in [0.05, 0.1) is 67.8 Å². The number of methoxy groups -OCH3 is 1. The molecule has 2 aliphatic heterocycles. The summed E-state index contributed by atoms with van der Waals surface area (Å²) in [5, 5.41) is 13.1. The first kappa shape index (κ1) is 45.7. The van der Waals surface area contributed by atoms with Gasteiger partial charge in [-0.15, -0.1) is 0 Å². The normalized spacial score (nSPS) is 15.4. The zero-order valence-corrected chi connectivity index (χ0v) is 35.8. The second-order valence-electron chi connectivity index (χ2n) is 14.5. The fraction of sp³-hybridized carbons (Fsp3) is 0.326. The Bertz CT molecular complexity index is 2620. The molecule has 0 spiro atoms.